The van der Waals surface area contributed by atoms with Crippen molar-refractivity contribution in [1.29, 1.82) is 0 Å². The maximum Gasteiger partial charge on any atom is 0.191 e. The van der Waals surface area contributed by atoms with Crippen LogP contribution in [0.2, 0.25) is 0 Å². The van der Waals surface area contributed by atoms with E-state index in [2.05, 4.69) is 15.6 Å². The summed E-state index contributed by atoms with van der Waals surface area (Å²) in [5, 5.41) is 6.48. The summed E-state index contributed by atoms with van der Waals surface area (Å²) in [7, 11) is -2.84. The van der Waals surface area contributed by atoms with Crippen LogP contribution in [0.3, 0.4) is 0 Å². The number of rotatable bonds is 7. The Hall–Kier alpha value is -0.780. The van der Waals surface area contributed by atoms with Crippen molar-refractivity contribution in [1.82, 2.24) is 10.6 Å². The highest BCUT2D eigenvalue weighted by atomic mass is 32.2. The van der Waals surface area contributed by atoms with Crippen LogP contribution in [0, 0.1) is 5.92 Å². The predicted octanol–water partition coefficient (Wildman–Crippen LogP) is 2.09. The second-order valence-corrected chi connectivity index (χ2v) is 8.88. The molecule has 22 heavy (non-hydrogen) atoms. The van der Waals surface area contributed by atoms with Gasteiger partial charge in [-0.05, 0) is 25.7 Å². The summed E-state index contributed by atoms with van der Waals surface area (Å²) in [5.41, 5.74) is 0. The van der Waals surface area contributed by atoms with Gasteiger partial charge in [-0.3, -0.25) is 4.99 Å². The second kappa shape index (κ2) is 8.75. The number of hydrogen-bond donors (Lipinski definition) is 2. The fourth-order valence-corrected chi connectivity index (χ4v) is 5.13. The molecule has 0 aromatic carbocycles. The van der Waals surface area contributed by atoms with E-state index in [4.69, 9.17) is 0 Å². The third kappa shape index (κ3) is 6.15. The second-order valence-electron chi connectivity index (χ2n) is 6.65. The minimum atomic E-state index is -2.84. The smallest absolute Gasteiger partial charge is 0.191 e. The van der Waals surface area contributed by atoms with E-state index in [-0.39, 0.29) is 11.8 Å². The molecule has 2 aliphatic rings. The van der Waals surface area contributed by atoms with Gasteiger partial charge >= 0.3 is 0 Å². The van der Waals surface area contributed by atoms with Gasteiger partial charge < -0.3 is 10.6 Å². The molecule has 0 aromatic heterocycles. The number of aliphatic imine (C=N–C) groups is 1. The molecule has 1 saturated carbocycles. The maximum atomic E-state index is 11.5. The lowest BCUT2D eigenvalue weighted by Gasteiger charge is -2.15. The molecule has 0 spiro atoms. The van der Waals surface area contributed by atoms with Gasteiger partial charge in [-0.25, -0.2) is 8.42 Å². The average molecular weight is 330 g/mol. The van der Waals surface area contributed by atoms with Gasteiger partial charge in [0, 0.05) is 19.1 Å². The summed E-state index contributed by atoms with van der Waals surface area (Å²) in [5.74, 6) is 2.26. The fraction of sp³-hybridized carbons (Fsp3) is 0.938. The van der Waals surface area contributed by atoms with Gasteiger partial charge in [0.1, 0.15) is 0 Å². The van der Waals surface area contributed by atoms with E-state index in [1.807, 2.05) is 6.92 Å². The van der Waals surface area contributed by atoms with E-state index in [0.717, 1.165) is 31.4 Å². The van der Waals surface area contributed by atoms with E-state index in [1.165, 1.54) is 38.5 Å². The Morgan fingerprint density at radius 3 is 2.59 bits per heavy atom. The number of hydrogen-bond acceptors (Lipinski definition) is 3. The van der Waals surface area contributed by atoms with Crippen LogP contribution in [0.15, 0.2) is 4.99 Å². The molecule has 1 atom stereocenters. The Morgan fingerprint density at radius 1 is 1.18 bits per heavy atom. The van der Waals surface area contributed by atoms with Gasteiger partial charge in [-0.1, -0.05) is 38.5 Å². The molecule has 0 aromatic rings. The van der Waals surface area contributed by atoms with Crippen molar-refractivity contribution in [3.63, 3.8) is 0 Å². The summed E-state index contributed by atoms with van der Waals surface area (Å²) in [6.07, 6.45) is 10.1. The zero-order valence-electron chi connectivity index (χ0n) is 13.8. The number of guanidine groups is 1. The Morgan fingerprint density at radius 2 is 1.95 bits per heavy atom. The van der Waals surface area contributed by atoms with Gasteiger partial charge in [0.15, 0.2) is 15.8 Å². The molecule has 1 heterocycles. The highest BCUT2D eigenvalue weighted by molar-refractivity contribution is 7.91. The van der Waals surface area contributed by atoms with Gasteiger partial charge in [0.25, 0.3) is 0 Å². The van der Waals surface area contributed by atoms with Crippen molar-refractivity contribution >= 4 is 15.8 Å². The van der Waals surface area contributed by atoms with Crippen molar-refractivity contribution in [3.05, 3.63) is 0 Å². The molecule has 6 heteroatoms. The van der Waals surface area contributed by atoms with Crippen molar-refractivity contribution in [2.24, 2.45) is 10.9 Å². The van der Waals surface area contributed by atoms with Crippen molar-refractivity contribution < 1.29 is 8.42 Å². The lowest BCUT2D eigenvalue weighted by Crippen LogP contribution is -2.44. The van der Waals surface area contributed by atoms with Crippen molar-refractivity contribution in [2.45, 2.75) is 64.3 Å². The minimum Gasteiger partial charge on any atom is -0.357 e. The molecule has 5 nitrogen and oxygen atoms in total. The molecule has 2 N–H and O–H groups in total. The largest absolute Gasteiger partial charge is 0.357 e. The van der Waals surface area contributed by atoms with Gasteiger partial charge in [-0.15, -0.1) is 0 Å². The van der Waals surface area contributed by atoms with Crippen molar-refractivity contribution in [2.75, 3.05) is 24.6 Å². The van der Waals surface area contributed by atoms with Crippen LogP contribution in [-0.2, 0) is 9.84 Å². The highest BCUT2D eigenvalue weighted by Crippen LogP contribution is 2.28. The van der Waals surface area contributed by atoms with E-state index < -0.39 is 9.84 Å². The maximum absolute atomic E-state index is 11.5. The van der Waals surface area contributed by atoms with Crippen LogP contribution in [0.5, 0.6) is 0 Å². The zero-order chi connectivity index (χ0) is 15.8. The standard InChI is InChI=1S/C16H31N3O2S/c1-2-17-16(19-15-10-12-22(20,21)13-15)18-11-6-5-9-14-7-3-4-8-14/h14-15H,2-13H2,1H3,(H2,17,18,19). The normalized spacial score (nSPS) is 25.5. The van der Waals surface area contributed by atoms with Gasteiger partial charge in [0.2, 0.25) is 0 Å². The predicted molar refractivity (Wildman–Crippen MR) is 92.0 cm³/mol. The van der Waals surface area contributed by atoms with Crippen LogP contribution < -0.4 is 10.6 Å². The first-order valence-electron chi connectivity index (χ1n) is 8.84. The number of unbranched alkanes of at least 4 members (excludes halogenated alkanes) is 1. The molecule has 1 saturated heterocycles. The zero-order valence-corrected chi connectivity index (χ0v) is 14.6. The molecule has 1 aliphatic carbocycles. The van der Waals surface area contributed by atoms with E-state index in [1.54, 1.807) is 0 Å². The Bertz CT molecular complexity index is 456. The first kappa shape index (κ1) is 17.6. The first-order chi connectivity index (χ1) is 10.6. The third-order valence-corrected chi connectivity index (χ3v) is 6.45. The third-order valence-electron chi connectivity index (χ3n) is 4.68. The molecule has 2 fully saturated rings. The molecule has 0 amide bonds. The molecular formula is C16H31N3O2S. The number of nitrogens with one attached hydrogen (secondary N) is 2. The Labute approximate surface area is 135 Å². The van der Waals surface area contributed by atoms with E-state index in [9.17, 15) is 8.42 Å². The van der Waals surface area contributed by atoms with Crippen LogP contribution in [0.25, 0.3) is 0 Å². The van der Waals surface area contributed by atoms with Crippen LogP contribution >= 0.6 is 0 Å². The summed E-state index contributed by atoms with van der Waals surface area (Å²) in [6, 6.07) is 0.0151. The first-order valence-corrected chi connectivity index (χ1v) is 10.7. The summed E-state index contributed by atoms with van der Waals surface area (Å²) >= 11 is 0. The lowest BCUT2D eigenvalue weighted by atomic mass is 10.0. The Balaban J connectivity index is 1.67. The van der Waals surface area contributed by atoms with Gasteiger partial charge in [-0.2, -0.15) is 0 Å². The topological polar surface area (TPSA) is 70.6 Å². The summed E-state index contributed by atoms with van der Waals surface area (Å²) in [6.45, 7) is 3.65. The number of sulfone groups is 1. The molecular weight excluding hydrogens is 298 g/mol. The number of nitrogens with zero attached hydrogens (tertiary/aromatic N) is 1. The molecule has 1 aliphatic heterocycles. The molecule has 128 valence electrons. The quantitative estimate of drug-likeness (QED) is 0.426. The summed E-state index contributed by atoms with van der Waals surface area (Å²) < 4.78 is 23.0. The monoisotopic (exact) mass is 329 g/mol. The van der Waals surface area contributed by atoms with Crippen molar-refractivity contribution in [3.8, 4) is 0 Å². The van der Waals surface area contributed by atoms with E-state index in [0.29, 0.717) is 12.2 Å². The molecule has 0 radical (unpaired) electrons. The summed E-state index contributed by atoms with van der Waals surface area (Å²) in [4.78, 5) is 4.59. The van der Waals surface area contributed by atoms with Crippen LogP contribution in [0.4, 0.5) is 0 Å². The molecule has 0 bridgehead atoms. The highest BCUT2D eigenvalue weighted by Gasteiger charge is 2.28. The van der Waals surface area contributed by atoms with Gasteiger partial charge in [0.05, 0.1) is 11.5 Å². The minimum absolute atomic E-state index is 0.0151. The van der Waals surface area contributed by atoms with Crippen LogP contribution in [0.1, 0.15) is 58.3 Å². The van der Waals surface area contributed by atoms with E-state index >= 15 is 0 Å². The lowest BCUT2D eigenvalue weighted by molar-refractivity contribution is 0.475. The Kier molecular flexibility index (Phi) is 6.99. The van der Waals surface area contributed by atoms with Crippen LogP contribution in [-0.4, -0.2) is 45.0 Å². The molecule has 1 unspecified atom stereocenters. The molecule has 2 rings (SSSR count). The fourth-order valence-electron chi connectivity index (χ4n) is 3.46. The SMILES string of the molecule is CCNC(=NCCCCC1CCCC1)NC1CCS(=O)(=O)C1. The average Bonchev–Trinajstić information content (AvgIpc) is 3.08.